The largest absolute Gasteiger partial charge is 0.423 e. The highest BCUT2D eigenvalue weighted by Crippen LogP contribution is 2.39. The van der Waals surface area contributed by atoms with E-state index in [1.807, 2.05) is 34.1 Å². The topological polar surface area (TPSA) is 117 Å². The highest BCUT2D eigenvalue weighted by Gasteiger charge is 2.23. The molecule has 5 aromatic rings. The molecule has 0 unspecified atom stereocenters. The lowest BCUT2D eigenvalue weighted by Crippen LogP contribution is -2.29. The third-order valence-corrected chi connectivity index (χ3v) is 7.79. The summed E-state index contributed by atoms with van der Waals surface area (Å²) < 4.78 is 7.89. The first kappa shape index (κ1) is 28.1. The number of benzene rings is 2. The van der Waals surface area contributed by atoms with Gasteiger partial charge in [-0.3, -0.25) is 4.79 Å². The first-order valence-corrected chi connectivity index (χ1v) is 14.3. The Labute approximate surface area is 250 Å². The molecule has 1 aliphatic heterocycles. The zero-order chi connectivity index (χ0) is 30.1. The van der Waals surface area contributed by atoms with E-state index in [-0.39, 0.29) is 5.91 Å². The molecule has 2 aromatic carbocycles. The van der Waals surface area contributed by atoms with Crippen LogP contribution in [-0.2, 0) is 17.8 Å². The van der Waals surface area contributed by atoms with Gasteiger partial charge in [0.05, 0.1) is 28.1 Å². The molecule has 6 rings (SSSR count). The van der Waals surface area contributed by atoms with Crippen molar-refractivity contribution in [1.82, 2.24) is 29.6 Å². The molecule has 1 aliphatic rings. The first-order valence-electron chi connectivity index (χ1n) is 14.3. The number of para-hydroxylation sites is 1. The number of nitrogens with zero attached hydrogens (tertiary/aromatic N) is 7. The zero-order valence-electron chi connectivity index (χ0n) is 24.9. The van der Waals surface area contributed by atoms with E-state index in [2.05, 4.69) is 77.2 Å². The molecule has 43 heavy (non-hydrogen) atoms. The lowest BCUT2D eigenvalue weighted by Gasteiger charge is -2.25. The van der Waals surface area contributed by atoms with Crippen molar-refractivity contribution in [2.45, 2.75) is 26.3 Å². The summed E-state index contributed by atoms with van der Waals surface area (Å²) in [4.78, 5) is 26.3. The van der Waals surface area contributed by atoms with Crippen LogP contribution in [0.5, 0.6) is 0 Å². The summed E-state index contributed by atoms with van der Waals surface area (Å²) in [6.45, 7) is 8.24. The Balaban J connectivity index is 1.42. The summed E-state index contributed by atoms with van der Waals surface area (Å²) >= 11 is 0. The zero-order valence-corrected chi connectivity index (χ0v) is 24.9. The molecule has 1 amide bonds. The van der Waals surface area contributed by atoms with Crippen LogP contribution < -0.4 is 15.5 Å². The maximum atomic E-state index is 12.4. The average Bonchev–Trinajstić information content (AvgIpc) is 3.67. The minimum absolute atomic E-state index is 0.285. The van der Waals surface area contributed by atoms with Gasteiger partial charge in [0.1, 0.15) is 0 Å². The molecule has 2 N–H and O–H groups in total. The van der Waals surface area contributed by atoms with Crippen molar-refractivity contribution >= 4 is 39.8 Å². The summed E-state index contributed by atoms with van der Waals surface area (Å²) in [5.41, 5.74) is 8.21. The molecular weight excluding hydrogens is 542 g/mol. The fraction of sp³-hybridized carbons (Fsp3) is 0.281. The van der Waals surface area contributed by atoms with Crippen molar-refractivity contribution in [2.75, 3.05) is 49.8 Å². The van der Waals surface area contributed by atoms with Crippen molar-refractivity contribution in [3.05, 3.63) is 72.9 Å². The maximum Gasteiger partial charge on any atom is 0.251 e. The van der Waals surface area contributed by atoms with Gasteiger partial charge in [-0.05, 0) is 63.2 Å². The van der Waals surface area contributed by atoms with E-state index in [0.29, 0.717) is 28.8 Å². The number of aromatic nitrogens is 5. The molecule has 220 valence electrons. The molecule has 0 saturated carbocycles. The first-order chi connectivity index (χ1) is 20.8. The molecule has 11 heteroatoms. The van der Waals surface area contributed by atoms with Crippen LogP contribution in [0.1, 0.15) is 17.5 Å². The summed E-state index contributed by atoms with van der Waals surface area (Å²) in [6.07, 6.45) is 8.59. The van der Waals surface area contributed by atoms with Crippen molar-refractivity contribution in [3.63, 3.8) is 0 Å². The number of rotatable bonds is 10. The van der Waals surface area contributed by atoms with E-state index in [4.69, 9.17) is 9.40 Å². The van der Waals surface area contributed by atoms with Gasteiger partial charge in [0.15, 0.2) is 0 Å². The predicted molar refractivity (Wildman–Crippen MR) is 170 cm³/mol. The number of nitrogens with one attached hydrogen (secondary N) is 2. The predicted octanol–water partition coefficient (Wildman–Crippen LogP) is 5.27. The van der Waals surface area contributed by atoms with Gasteiger partial charge >= 0.3 is 0 Å². The standard InChI is InChI=1S/C32H35N9O2/c1-6-28(42)35-26-16-25(20(2)15-27(26)40(5)14-13-39(3)4)36-32-33-17-23(31-38-34-19-43-31)29(37-32)24-18-41-12-8-10-21-9-7-11-22(24)30(21)41/h6-7,9,11,15-19H,1,8,10,12-14H2,2-5H3,(H,35,42)(H,33,36,37). The number of carbonyl (C=O) groups is 1. The molecular formula is C32H35N9O2. The van der Waals surface area contributed by atoms with E-state index in [0.717, 1.165) is 60.4 Å². The molecule has 0 aliphatic carbocycles. The van der Waals surface area contributed by atoms with E-state index in [1.54, 1.807) is 6.20 Å². The number of amides is 1. The van der Waals surface area contributed by atoms with Gasteiger partial charge in [0, 0.05) is 55.7 Å². The van der Waals surface area contributed by atoms with Crippen LogP contribution in [0, 0.1) is 6.92 Å². The second kappa shape index (κ2) is 11.7. The van der Waals surface area contributed by atoms with Crippen molar-refractivity contribution in [1.29, 1.82) is 0 Å². The lowest BCUT2D eigenvalue weighted by atomic mass is 10.0. The maximum absolute atomic E-state index is 12.4. The fourth-order valence-corrected chi connectivity index (χ4v) is 5.56. The lowest BCUT2D eigenvalue weighted by molar-refractivity contribution is -0.111. The highest BCUT2D eigenvalue weighted by atomic mass is 16.4. The molecule has 0 saturated heterocycles. The molecule has 4 heterocycles. The van der Waals surface area contributed by atoms with Gasteiger partial charge in [0.25, 0.3) is 5.89 Å². The van der Waals surface area contributed by atoms with Crippen LogP contribution >= 0.6 is 0 Å². The number of anilines is 4. The van der Waals surface area contributed by atoms with Gasteiger partial charge in [0.2, 0.25) is 18.2 Å². The van der Waals surface area contributed by atoms with E-state index >= 15 is 0 Å². The van der Waals surface area contributed by atoms with E-state index in [9.17, 15) is 4.79 Å². The summed E-state index contributed by atoms with van der Waals surface area (Å²) in [7, 11) is 6.09. The Bertz CT molecular complexity index is 1810. The molecule has 0 spiro atoms. The van der Waals surface area contributed by atoms with Crippen LogP contribution in [0.25, 0.3) is 33.6 Å². The van der Waals surface area contributed by atoms with Crippen LogP contribution in [-0.4, -0.2) is 69.8 Å². The van der Waals surface area contributed by atoms with Gasteiger partial charge in [-0.15, -0.1) is 10.2 Å². The van der Waals surface area contributed by atoms with Crippen molar-refractivity contribution in [2.24, 2.45) is 0 Å². The van der Waals surface area contributed by atoms with Gasteiger partial charge in [-0.25, -0.2) is 9.97 Å². The number of hydrogen-bond donors (Lipinski definition) is 2. The third-order valence-electron chi connectivity index (χ3n) is 7.79. The smallest absolute Gasteiger partial charge is 0.251 e. The Morgan fingerprint density at radius 1 is 1.16 bits per heavy atom. The quantitative estimate of drug-likeness (QED) is 0.214. The van der Waals surface area contributed by atoms with Crippen LogP contribution in [0.3, 0.4) is 0 Å². The van der Waals surface area contributed by atoms with Crippen LogP contribution in [0.4, 0.5) is 23.0 Å². The number of aryl methyl sites for hydroxylation is 3. The molecule has 0 fully saturated rings. The second-order valence-corrected chi connectivity index (χ2v) is 11.1. The minimum Gasteiger partial charge on any atom is -0.423 e. The van der Waals surface area contributed by atoms with Gasteiger partial charge < -0.3 is 29.4 Å². The molecule has 0 radical (unpaired) electrons. The molecule has 0 atom stereocenters. The Kier molecular flexibility index (Phi) is 7.64. The van der Waals surface area contributed by atoms with Crippen LogP contribution in [0.15, 0.2) is 66.2 Å². The SMILES string of the molecule is C=CC(=O)Nc1cc(Nc2ncc(-c3nnco3)c(-c3cn4c5c(cccc35)CCC4)n2)c(C)cc1N(C)CCN(C)C. The molecule has 0 bridgehead atoms. The summed E-state index contributed by atoms with van der Waals surface area (Å²) in [5.74, 6) is 0.472. The molecule has 3 aromatic heterocycles. The Hall–Kier alpha value is -5.03. The third kappa shape index (κ3) is 5.59. The summed E-state index contributed by atoms with van der Waals surface area (Å²) in [5, 5.41) is 15.5. The fourth-order valence-electron chi connectivity index (χ4n) is 5.56. The van der Waals surface area contributed by atoms with Crippen LogP contribution in [0.2, 0.25) is 0 Å². The average molecular weight is 578 g/mol. The molecule has 11 nitrogen and oxygen atoms in total. The summed E-state index contributed by atoms with van der Waals surface area (Å²) in [6, 6.07) is 10.4. The van der Waals surface area contributed by atoms with Crippen molar-refractivity contribution in [3.8, 4) is 22.7 Å². The van der Waals surface area contributed by atoms with E-state index < -0.39 is 0 Å². The monoisotopic (exact) mass is 577 g/mol. The second-order valence-electron chi connectivity index (χ2n) is 11.1. The van der Waals surface area contributed by atoms with E-state index in [1.165, 1.54) is 23.5 Å². The Morgan fingerprint density at radius 3 is 2.79 bits per heavy atom. The normalized spacial score (nSPS) is 12.5. The number of likely N-dealkylation sites (N-methyl/N-ethyl adjacent to an activating group) is 2. The number of hydrogen-bond acceptors (Lipinski definition) is 9. The Morgan fingerprint density at radius 2 is 2.02 bits per heavy atom. The van der Waals surface area contributed by atoms with Gasteiger partial charge in [-0.2, -0.15) is 0 Å². The van der Waals surface area contributed by atoms with Crippen molar-refractivity contribution < 1.29 is 9.21 Å². The number of carbonyl (C=O) groups excluding carboxylic acids is 1. The van der Waals surface area contributed by atoms with Gasteiger partial charge in [-0.1, -0.05) is 24.8 Å². The highest BCUT2D eigenvalue weighted by molar-refractivity contribution is 6.02. The minimum atomic E-state index is -0.285.